The van der Waals surface area contributed by atoms with Gasteiger partial charge in [0.05, 0.1) is 26.4 Å². The molecule has 31 heavy (non-hydrogen) atoms. The van der Waals surface area contributed by atoms with Crippen LogP contribution in [0.3, 0.4) is 0 Å². The Morgan fingerprint density at radius 1 is 1.03 bits per heavy atom. The molecule has 1 aliphatic rings. The third kappa shape index (κ3) is 4.51. The molecule has 0 N–H and O–H groups in total. The molecule has 0 atom stereocenters. The minimum absolute atomic E-state index is 0.0221. The van der Waals surface area contributed by atoms with Crippen LogP contribution >= 0.6 is 35.0 Å². The Bertz CT molecular complexity index is 1240. The van der Waals surface area contributed by atoms with Gasteiger partial charge in [-0.2, -0.15) is 0 Å². The van der Waals surface area contributed by atoms with E-state index in [1.54, 1.807) is 42.5 Å². The number of nitro benzene ring substituents is 1. The van der Waals surface area contributed by atoms with Crippen LogP contribution in [0.25, 0.3) is 17.4 Å². The van der Waals surface area contributed by atoms with E-state index in [1.165, 1.54) is 18.2 Å². The maximum Gasteiger partial charge on any atom is 0.293 e. The van der Waals surface area contributed by atoms with E-state index in [-0.39, 0.29) is 17.1 Å². The van der Waals surface area contributed by atoms with Crippen LogP contribution in [0.15, 0.2) is 63.9 Å². The summed E-state index contributed by atoms with van der Waals surface area (Å²) in [5.74, 6) is 0.430. The number of thioether (sulfide) groups is 1. The van der Waals surface area contributed by atoms with Gasteiger partial charge in [0, 0.05) is 23.8 Å². The highest BCUT2D eigenvalue weighted by Gasteiger charge is 2.35. The van der Waals surface area contributed by atoms with Crippen LogP contribution in [0.2, 0.25) is 10.0 Å². The van der Waals surface area contributed by atoms with Gasteiger partial charge in [0.25, 0.3) is 16.8 Å². The first-order valence-corrected chi connectivity index (χ1v) is 10.4. The topological polar surface area (TPSA) is 93.7 Å². The summed E-state index contributed by atoms with van der Waals surface area (Å²) in [6.07, 6.45) is 1.49. The Morgan fingerprint density at radius 3 is 2.45 bits per heavy atom. The number of non-ortho nitro benzene ring substituents is 1. The van der Waals surface area contributed by atoms with Crippen molar-refractivity contribution in [2.24, 2.45) is 0 Å². The van der Waals surface area contributed by atoms with Gasteiger partial charge < -0.3 is 4.42 Å². The van der Waals surface area contributed by atoms with Crippen molar-refractivity contribution in [1.29, 1.82) is 0 Å². The zero-order valence-electron chi connectivity index (χ0n) is 15.6. The summed E-state index contributed by atoms with van der Waals surface area (Å²) in [7, 11) is 0. The van der Waals surface area contributed by atoms with Gasteiger partial charge >= 0.3 is 0 Å². The van der Waals surface area contributed by atoms with Gasteiger partial charge in [-0.25, -0.2) is 0 Å². The van der Waals surface area contributed by atoms with E-state index in [0.717, 1.165) is 16.7 Å². The summed E-state index contributed by atoms with van der Waals surface area (Å²) in [5, 5.41) is 11.1. The molecular formula is C21H12Cl2N2O5S. The lowest BCUT2D eigenvalue weighted by Crippen LogP contribution is -2.27. The number of carbonyl (C=O) groups excluding carboxylic acids is 2. The number of nitrogens with zero attached hydrogens (tertiary/aromatic N) is 2. The van der Waals surface area contributed by atoms with Gasteiger partial charge in [0.15, 0.2) is 0 Å². The molecule has 0 radical (unpaired) electrons. The SMILES string of the molecule is O=C1S/C(=C\c2ccc(-c3ccc([N+](=O)[O-])cc3)o2)C(=O)N1Cc1ccc(Cl)c(Cl)c1. The van der Waals surface area contributed by atoms with Crippen LogP contribution < -0.4 is 0 Å². The Kier molecular flexibility index (Phi) is 5.86. The second kappa shape index (κ2) is 8.58. The van der Waals surface area contributed by atoms with Gasteiger partial charge in [-0.05, 0) is 53.7 Å². The van der Waals surface area contributed by atoms with E-state index in [9.17, 15) is 19.7 Å². The van der Waals surface area contributed by atoms with Crippen molar-refractivity contribution in [3.05, 3.63) is 91.0 Å². The van der Waals surface area contributed by atoms with Gasteiger partial charge in [-0.1, -0.05) is 29.3 Å². The number of benzene rings is 2. The van der Waals surface area contributed by atoms with E-state index in [4.69, 9.17) is 27.6 Å². The number of rotatable bonds is 5. The van der Waals surface area contributed by atoms with Crippen molar-refractivity contribution in [2.75, 3.05) is 0 Å². The predicted molar refractivity (Wildman–Crippen MR) is 119 cm³/mol. The standard InChI is InChI=1S/C21H12Cl2N2O5S/c22-16-7-1-12(9-17(16)23)11-24-20(26)19(31-21(24)27)10-15-6-8-18(30-15)13-2-4-14(5-3-13)25(28)29/h1-10H,11H2/b19-10-. The molecule has 2 amide bonds. The highest BCUT2D eigenvalue weighted by Crippen LogP contribution is 2.35. The van der Waals surface area contributed by atoms with Crippen molar-refractivity contribution in [3.8, 4) is 11.3 Å². The van der Waals surface area contributed by atoms with E-state index in [2.05, 4.69) is 0 Å². The Balaban J connectivity index is 1.51. The van der Waals surface area contributed by atoms with Crippen LogP contribution in [0, 0.1) is 10.1 Å². The molecule has 0 aliphatic carbocycles. The molecule has 1 aliphatic heterocycles. The minimum atomic E-state index is -0.481. The highest BCUT2D eigenvalue weighted by molar-refractivity contribution is 8.18. The lowest BCUT2D eigenvalue weighted by Gasteiger charge is -2.12. The quantitative estimate of drug-likeness (QED) is 0.241. The molecule has 1 fully saturated rings. The van der Waals surface area contributed by atoms with E-state index in [0.29, 0.717) is 32.7 Å². The third-order valence-electron chi connectivity index (χ3n) is 4.46. The Hall–Kier alpha value is -3.07. The molecule has 0 spiro atoms. The van der Waals surface area contributed by atoms with Crippen molar-refractivity contribution >= 4 is 57.9 Å². The first kappa shape index (κ1) is 21.2. The average molecular weight is 475 g/mol. The molecule has 2 aromatic carbocycles. The molecule has 2 heterocycles. The summed E-state index contributed by atoms with van der Waals surface area (Å²) in [6.45, 7) is 0.0745. The maximum atomic E-state index is 12.7. The number of hydrogen-bond donors (Lipinski definition) is 0. The summed E-state index contributed by atoms with van der Waals surface area (Å²) in [5.41, 5.74) is 1.31. The number of furan rings is 1. The van der Waals surface area contributed by atoms with Crippen LogP contribution in [0.5, 0.6) is 0 Å². The molecule has 156 valence electrons. The monoisotopic (exact) mass is 474 g/mol. The number of imide groups is 1. The van der Waals surface area contributed by atoms with Crippen LogP contribution in [0.4, 0.5) is 10.5 Å². The van der Waals surface area contributed by atoms with E-state index in [1.807, 2.05) is 0 Å². The summed E-state index contributed by atoms with van der Waals surface area (Å²) in [6, 6.07) is 14.2. The second-order valence-electron chi connectivity index (χ2n) is 6.52. The number of carbonyl (C=O) groups is 2. The Labute approximate surface area is 190 Å². The fourth-order valence-corrected chi connectivity index (χ4v) is 4.06. The summed E-state index contributed by atoms with van der Waals surface area (Å²) >= 11 is 12.7. The zero-order chi connectivity index (χ0) is 22.1. The van der Waals surface area contributed by atoms with Crippen molar-refractivity contribution < 1.29 is 18.9 Å². The van der Waals surface area contributed by atoms with Crippen LogP contribution in [0.1, 0.15) is 11.3 Å². The number of hydrogen-bond acceptors (Lipinski definition) is 6. The highest BCUT2D eigenvalue weighted by atomic mass is 35.5. The summed E-state index contributed by atoms with van der Waals surface area (Å²) < 4.78 is 5.72. The largest absolute Gasteiger partial charge is 0.457 e. The average Bonchev–Trinajstić information content (AvgIpc) is 3.31. The van der Waals surface area contributed by atoms with Crippen LogP contribution in [-0.2, 0) is 11.3 Å². The fourth-order valence-electron chi connectivity index (χ4n) is 2.92. The fraction of sp³-hybridized carbons (Fsp3) is 0.0476. The van der Waals surface area contributed by atoms with Crippen LogP contribution in [-0.4, -0.2) is 21.0 Å². The van der Waals surface area contributed by atoms with E-state index >= 15 is 0 Å². The molecule has 0 saturated carbocycles. The number of nitro groups is 1. The number of halogens is 2. The second-order valence-corrected chi connectivity index (χ2v) is 8.33. The third-order valence-corrected chi connectivity index (χ3v) is 6.11. The lowest BCUT2D eigenvalue weighted by atomic mass is 10.1. The molecule has 0 bridgehead atoms. The molecule has 0 unspecified atom stereocenters. The normalized spacial score (nSPS) is 15.2. The predicted octanol–water partition coefficient (Wildman–Crippen LogP) is 6.40. The smallest absolute Gasteiger partial charge is 0.293 e. The molecule has 10 heteroatoms. The lowest BCUT2D eigenvalue weighted by molar-refractivity contribution is -0.384. The first-order chi connectivity index (χ1) is 14.8. The maximum absolute atomic E-state index is 12.7. The van der Waals surface area contributed by atoms with Gasteiger partial charge in [-0.15, -0.1) is 0 Å². The molecule has 1 aromatic heterocycles. The van der Waals surface area contributed by atoms with Gasteiger partial charge in [0.2, 0.25) is 0 Å². The first-order valence-electron chi connectivity index (χ1n) is 8.86. The van der Waals surface area contributed by atoms with Gasteiger partial charge in [0.1, 0.15) is 11.5 Å². The minimum Gasteiger partial charge on any atom is -0.457 e. The molecular weight excluding hydrogens is 463 g/mol. The number of amides is 2. The zero-order valence-corrected chi connectivity index (χ0v) is 17.9. The van der Waals surface area contributed by atoms with Gasteiger partial charge in [-0.3, -0.25) is 24.6 Å². The van der Waals surface area contributed by atoms with E-state index < -0.39 is 16.1 Å². The molecule has 7 nitrogen and oxygen atoms in total. The van der Waals surface area contributed by atoms with Crippen molar-refractivity contribution in [3.63, 3.8) is 0 Å². The molecule has 3 aromatic rings. The van der Waals surface area contributed by atoms with Crippen molar-refractivity contribution in [1.82, 2.24) is 4.90 Å². The molecule has 1 saturated heterocycles. The Morgan fingerprint density at radius 2 is 1.77 bits per heavy atom. The molecule has 4 rings (SSSR count). The summed E-state index contributed by atoms with van der Waals surface area (Å²) in [4.78, 5) is 36.7. The van der Waals surface area contributed by atoms with Crippen molar-refractivity contribution in [2.45, 2.75) is 6.54 Å².